The molecule has 0 bridgehead atoms. The van der Waals surface area contributed by atoms with Crippen molar-refractivity contribution in [3.8, 4) is 0 Å². The van der Waals surface area contributed by atoms with Crippen LogP contribution in [0.3, 0.4) is 0 Å². The van der Waals surface area contributed by atoms with E-state index in [2.05, 4.69) is 4.98 Å². The van der Waals surface area contributed by atoms with Gasteiger partial charge in [-0.1, -0.05) is 24.3 Å². The van der Waals surface area contributed by atoms with Crippen molar-refractivity contribution in [1.29, 1.82) is 0 Å². The molecule has 6 heteroatoms. The van der Waals surface area contributed by atoms with E-state index in [0.29, 0.717) is 17.6 Å². The van der Waals surface area contributed by atoms with Crippen molar-refractivity contribution >= 4 is 18.4 Å². The summed E-state index contributed by atoms with van der Waals surface area (Å²) in [4.78, 5) is 15.9. The summed E-state index contributed by atoms with van der Waals surface area (Å²) in [6.45, 7) is 2.08. The number of benzene rings is 1. The lowest BCUT2D eigenvalue weighted by molar-refractivity contribution is 0.0987. The number of rotatable bonds is 3. The Kier molecular flexibility index (Phi) is 4.05. The van der Waals surface area contributed by atoms with Gasteiger partial charge in [-0.05, 0) is 36.0 Å². The number of aryl methyl sites for hydroxylation is 1. The largest absolute Gasteiger partial charge is 0.491 e. The first-order valence-electron chi connectivity index (χ1n) is 7.12. The molecule has 0 unspecified atom stereocenters. The number of hydrogen-bond donors (Lipinski definition) is 1. The van der Waals surface area contributed by atoms with Crippen molar-refractivity contribution in [2.24, 2.45) is 0 Å². The number of aromatic nitrogens is 1. The van der Waals surface area contributed by atoms with Gasteiger partial charge in [0.15, 0.2) is 5.78 Å². The van der Waals surface area contributed by atoms with Crippen LogP contribution in [0, 0.1) is 12.9 Å². The molecule has 0 aliphatic carbocycles. The number of pyridine rings is 1. The average molecular weight is 299 g/mol. The summed E-state index contributed by atoms with van der Waals surface area (Å²) < 4.78 is 18.6. The Morgan fingerprint density at radius 1 is 1.41 bits per heavy atom. The van der Waals surface area contributed by atoms with Crippen molar-refractivity contribution < 1.29 is 18.9 Å². The van der Waals surface area contributed by atoms with Crippen LogP contribution in [0.5, 0.6) is 0 Å². The molecular weight excluding hydrogens is 284 g/mol. The monoisotopic (exact) mass is 299 g/mol. The molecule has 2 aromatic rings. The predicted octanol–water partition coefficient (Wildman–Crippen LogP) is 1.21. The molecule has 0 saturated carbocycles. The zero-order valence-electron chi connectivity index (χ0n) is 12.2. The normalized spacial score (nSPS) is 13.9. The highest BCUT2D eigenvalue weighted by molar-refractivity contribution is 6.60. The van der Waals surface area contributed by atoms with Crippen molar-refractivity contribution in [3.63, 3.8) is 0 Å². The van der Waals surface area contributed by atoms with E-state index in [9.17, 15) is 14.2 Å². The van der Waals surface area contributed by atoms with Crippen LogP contribution >= 0.6 is 0 Å². The number of ketones is 1. The number of fused-ring (bicyclic) bond motifs is 1. The van der Waals surface area contributed by atoms with Crippen LogP contribution in [0.25, 0.3) is 0 Å². The predicted molar refractivity (Wildman–Crippen MR) is 80.7 cm³/mol. The second kappa shape index (κ2) is 5.98. The van der Waals surface area contributed by atoms with Crippen molar-refractivity contribution in [2.75, 3.05) is 6.61 Å². The van der Waals surface area contributed by atoms with Crippen molar-refractivity contribution in [2.45, 2.75) is 19.8 Å². The molecule has 3 rings (SSSR count). The molecule has 1 aromatic heterocycles. The molecule has 1 aromatic carbocycles. The fourth-order valence-corrected chi connectivity index (χ4v) is 2.52. The van der Waals surface area contributed by atoms with Gasteiger partial charge in [-0.15, -0.1) is 0 Å². The second-order valence-electron chi connectivity index (χ2n) is 5.41. The molecule has 22 heavy (non-hydrogen) atoms. The maximum absolute atomic E-state index is 13.4. The lowest BCUT2D eigenvalue weighted by atomic mass is 9.73. The Hall–Kier alpha value is -2.05. The number of halogens is 1. The number of Topliss-reactive ketones (excluding diaryl/α,β-unsaturated/α-hetero) is 1. The second-order valence-corrected chi connectivity index (χ2v) is 5.41. The third-order valence-corrected chi connectivity index (χ3v) is 3.81. The zero-order chi connectivity index (χ0) is 15.7. The standard InChI is InChI=1S/C16H15BFNO3/c1-10-2-5-14(19-16(10)18)15(20)9-11-3-4-12-6-7-22-17(21)13(12)8-11/h2-5,8,21H,6-7,9H2,1H3. The van der Waals surface area contributed by atoms with Gasteiger partial charge >= 0.3 is 7.12 Å². The molecule has 0 radical (unpaired) electrons. The summed E-state index contributed by atoms with van der Waals surface area (Å²) in [6.07, 6.45) is 0.848. The number of carbonyl (C=O) groups is 1. The van der Waals surface area contributed by atoms with Gasteiger partial charge in [0.05, 0.1) is 0 Å². The third kappa shape index (κ3) is 2.93. The highest BCUT2D eigenvalue weighted by Gasteiger charge is 2.25. The fourth-order valence-electron chi connectivity index (χ4n) is 2.52. The van der Waals surface area contributed by atoms with Crippen LogP contribution in [0.15, 0.2) is 30.3 Å². The molecule has 0 saturated heterocycles. The summed E-state index contributed by atoms with van der Waals surface area (Å²) >= 11 is 0. The minimum absolute atomic E-state index is 0.107. The van der Waals surface area contributed by atoms with Gasteiger partial charge in [0.2, 0.25) is 5.95 Å². The zero-order valence-corrected chi connectivity index (χ0v) is 12.2. The van der Waals surface area contributed by atoms with Crippen LogP contribution in [0.2, 0.25) is 0 Å². The van der Waals surface area contributed by atoms with E-state index in [0.717, 1.165) is 17.5 Å². The van der Waals surface area contributed by atoms with Crippen LogP contribution in [0.1, 0.15) is 27.2 Å². The first-order valence-corrected chi connectivity index (χ1v) is 7.12. The van der Waals surface area contributed by atoms with Crippen LogP contribution in [-0.4, -0.2) is 29.5 Å². The number of hydrogen-bond acceptors (Lipinski definition) is 4. The molecule has 0 fully saturated rings. The minimum atomic E-state index is -0.950. The Morgan fingerprint density at radius 3 is 3.00 bits per heavy atom. The quantitative estimate of drug-likeness (QED) is 0.526. The van der Waals surface area contributed by atoms with Crippen molar-refractivity contribution in [1.82, 2.24) is 4.98 Å². The Labute approximate surface area is 128 Å². The lowest BCUT2D eigenvalue weighted by Gasteiger charge is -2.19. The molecule has 1 aliphatic heterocycles. The molecule has 0 spiro atoms. The van der Waals surface area contributed by atoms with E-state index >= 15 is 0 Å². The van der Waals surface area contributed by atoms with Crippen LogP contribution in [0.4, 0.5) is 4.39 Å². The molecule has 2 heterocycles. The molecule has 0 atom stereocenters. The van der Waals surface area contributed by atoms with Gasteiger partial charge in [-0.25, -0.2) is 4.98 Å². The van der Waals surface area contributed by atoms with E-state index < -0.39 is 13.1 Å². The molecule has 1 aliphatic rings. The van der Waals surface area contributed by atoms with Gasteiger partial charge in [-0.3, -0.25) is 4.79 Å². The van der Waals surface area contributed by atoms with Gasteiger partial charge < -0.3 is 9.68 Å². The smallest absolute Gasteiger partial charge is 0.423 e. The van der Waals surface area contributed by atoms with E-state index in [1.165, 1.54) is 6.07 Å². The Balaban J connectivity index is 1.82. The first kappa shape index (κ1) is 14.9. The molecule has 1 N–H and O–H groups in total. The van der Waals surface area contributed by atoms with Crippen LogP contribution < -0.4 is 5.46 Å². The molecule has 112 valence electrons. The Morgan fingerprint density at radius 2 is 2.23 bits per heavy atom. The van der Waals surface area contributed by atoms with E-state index in [1.807, 2.05) is 12.1 Å². The summed E-state index contributed by atoms with van der Waals surface area (Å²) in [5.74, 6) is -0.884. The topological polar surface area (TPSA) is 59.4 Å². The molecular formula is C16H15BFNO3. The number of nitrogens with zero attached hydrogens (tertiary/aromatic N) is 1. The maximum atomic E-state index is 13.4. The summed E-state index contributed by atoms with van der Waals surface area (Å²) in [7, 11) is -0.950. The summed E-state index contributed by atoms with van der Waals surface area (Å²) in [5.41, 5.74) is 2.98. The third-order valence-electron chi connectivity index (χ3n) is 3.81. The van der Waals surface area contributed by atoms with Gasteiger partial charge in [0.25, 0.3) is 0 Å². The minimum Gasteiger partial charge on any atom is -0.423 e. The highest BCUT2D eigenvalue weighted by Crippen LogP contribution is 2.12. The Bertz CT molecular complexity index is 735. The average Bonchev–Trinajstić information content (AvgIpc) is 2.51. The lowest BCUT2D eigenvalue weighted by Crippen LogP contribution is -2.41. The van der Waals surface area contributed by atoms with Crippen LogP contribution in [-0.2, 0) is 17.5 Å². The number of carbonyl (C=O) groups excluding carboxylic acids is 1. The molecule has 4 nitrogen and oxygen atoms in total. The van der Waals surface area contributed by atoms with Gasteiger partial charge in [-0.2, -0.15) is 4.39 Å². The van der Waals surface area contributed by atoms with Crippen molar-refractivity contribution in [3.05, 3.63) is 58.7 Å². The highest BCUT2D eigenvalue weighted by atomic mass is 19.1. The summed E-state index contributed by atoms with van der Waals surface area (Å²) in [5, 5.41) is 9.83. The van der Waals surface area contributed by atoms with E-state index in [-0.39, 0.29) is 17.9 Å². The first-order chi connectivity index (χ1) is 10.5. The fraction of sp³-hybridized carbons (Fsp3) is 0.250. The van der Waals surface area contributed by atoms with E-state index in [4.69, 9.17) is 4.65 Å². The SMILES string of the molecule is Cc1ccc(C(=O)Cc2ccc3c(c2)B(O)OCC3)nc1F. The molecule has 0 amide bonds. The summed E-state index contributed by atoms with van der Waals surface area (Å²) in [6, 6.07) is 8.57. The van der Waals surface area contributed by atoms with Gasteiger partial charge in [0, 0.05) is 18.6 Å². The maximum Gasteiger partial charge on any atom is 0.491 e. The van der Waals surface area contributed by atoms with Gasteiger partial charge in [0.1, 0.15) is 5.69 Å². The van der Waals surface area contributed by atoms with E-state index in [1.54, 1.807) is 19.1 Å².